The molecule has 0 aliphatic carbocycles. The first-order valence-corrected chi connectivity index (χ1v) is 12.3. The van der Waals surface area contributed by atoms with E-state index in [4.69, 9.17) is 11.6 Å². The van der Waals surface area contributed by atoms with Gasteiger partial charge in [0.25, 0.3) is 0 Å². The molecule has 34 heavy (non-hydrogen) atoms. The van der Waals surface area contributed by atoms with E-state index in [1.54, 1.807) is 24.4 Å². The Morgan fingerprint density at radius 3 is 2.74 bits per heavy atom. The van der Waals surface area contributed by atoms with Crippen LogP contribution < -0.4 is 10.6 Å². The van der Waals surface area contributed by atoms with Gasteiger partial charge in [-0.05, 0) is 60.8 Å². The third-order valence-corrected chi connectivity index (χ3v) is 6.97. The molecule has 5 rings (SSSR count). The fraction of sp³-hybridized carbons (Fsp3) is 0.148. The van der Waals surface area contributed by atoms with E-state index in [9.17, 15) is 4.39 Å². The molecule has 3 nitrogen and oxygen atoms in total. The topological polar surface area (TPSA) is 37.0 Å². The number of benzene rings is 3. The molecule has 0 bridgehead atoms. The largest absolute Gasteiger partial charge is 0.384 e. The van der Waals surface area contributed by atoms with Crippen molar-refractivity contribution in [3.8, 4) is 11.1 Å². The van der Waals surface area contributed by atoms with Gasteiger partial charge in [-0.25, -0.2) is 8.78 Å². The number of fused-ring (bicyclic) bond motifs is 2. The number of anilines is 1. The highest BCUT2D eigenvalue weighted by Crippen LogP contribution is 2.36. The molecule has 2 aromatic heterocycles. The maximum absolute atomic E-state index is 15.3. The van der Waals surface area contributed by atoms with Crippen LogP contribution in [0.2, 0.25) is 5.02 Å². The van der Waals surface area contributed by atoms with Gasteiger partial charge in [-0.3, -0.25) is 4.98 Å². The minimum Gasteiger partial charge on any atom is -0.384 e. The van der Waals surface area contributed by atoms with Crippen molar-refractivity contribution in [3.05, 3.63) is 94.5 Å². The van der Waals surface area contributed by atoms with E-state index < -0.39 is 0 Å². The molecule has 172 valence electrons. The van der Waals surface area contributed by atoms with Crippen LogP contribution in [0.15, 0.2) is 72.2 Å². The summed E-state index contributed by atoms with van der Waals surface area (Å²) in [6.45, 7) is 1.93. The number of hydrogen-bond acceptors (Lipinski definition) is 4. The lowest BCUT2D eigenvalue weighted by molar-refractivity contribution is 0.587. The zero-order valence-electron chi connectivity index (χ0n) is 18.2. The summed E-state index contributed by atoms with van der Waals surface area (Å²) in [7, 11) is 0. The Morgan fingerprint density at radius 2 is 1.82 bits per heavy atom. The highest BCUT2D eigenvalue weighted by molar-refractivity contribution is 7.17. The molecule has 3 aromatic carbocycles. The average Bonchev–Trinajstić information content (AvgIpc) is 3.25. The van der Waals surface area contributed by atoms with Crippen LogP contribution in [0, 0.1) is 11.6 Å². The summed E-state index contributed by atoms with van der Waals surface area (Å²) < 4.78 is 30.0. The van der Waals surface area contributed by atoms with Crippen molar-refractivity contribution >= 4 is 49.6 Å². The van der Waals surface area contributed by atoms with Gasteiger partial charge in [-0.2, -0.15) is 0 Å². The van der Waals surface area contributed by atoms with Crippen molar-refractivity contribution in [2.24, 2.45) is 0 Å². The predicted octanol–water partition coefficient (Wildman–Crippen LogP) is 7.64. The number of thiophene rings is 1. The summed E-state index contributed by atoms with van der Waals surface area (Å²) >= 11 is 7.55. The molecule has 0 aliphatic heterocycles. The van der Waals surface area contributed by atoms with Gasteiger partial charge in [0.05, 0.1) is 5.52 Å². The molecule has 2 N–H and O–H groups in total. The van der Waals surface area contributed by atoms with Crippen LogP contribution in [0.4, 0.5) is 14.5 Å². The maximum Gasteiger partial charge on any atom is 0.135 e. The zero-order valence-corrected chi connectivity index (χ0v) is 19.8. The van der Waals surface area contributed by atoms with Crippen molar-refractivity contribution in [3.63, 3.8) is 0 Å². The highest BCUT2D eigenvalue weighted by Gasteiger charge is 2.14. The number of rotatable bonds is 8. The van der Waals surface area contributed by atoms with E-state index in [-0.39, 0.29) is 11.6 Å². The Bertz CT molecular complexity index is 1470. The van der Waals surface area contributed by atoms with E-state index in [1.165, 1.54) is 23.5 Å². The lowest BCUT2D eigenvalue weighted by Crippen LogP contribution is -2.18. The zero-order chi connectivity index (χ0) is 23.5. The van der Waals surface area contributed by atoms with E-state index >= 15 is 4.39 Å². The van der Waals surface area contributed by atoms with Crippen LogP contribution >= 0.6 is 22.9 Å². The monoisotopic (exact) mass is 493 g/mol. The van der Waals surface area contributed by atoms with Crippen LogP contribution in [0.3, 0.4) is 0 Å². The summed E-state index contributed by atoms with van der Waals surface area (Å²) in [6, 6.07) is 17.6. The Kier molecular flexibility index (Phi) is 6.72. The number of halogens is 3. The van der Waals surface area contributed by atoms with E-state index in [0.29, 0.717) is 22.7 Å². The molecular formula is C27H22ClF2N3S. The van der Waals surface area contributed by atoms with E-state index in [1.807, 2.05) is 35.7 Å². The van der Waals surface area contributed by atoms with E-state index in [2.05, 4.69) is 15.6 Å². The average molecular weight is 494 g/mol. The second kappa shape index (κ2) is 10.1. The standard InChI is InChI=1S/C27H22ClF2N3S/c28-18-5-7-21-24(9-12-33-25(21)13-18)32-11-2-10-31-15-17-3-1-4-20(27(17)30)23-16-34-26-8-6-19(29)14-22(23)26/h1,3-9,12-14,16,31H,2,10-11,15H2,(H,32,33). The molecule has 2 heterocycles. The number of aromatic nitrogens is 1. The number of nitrogens with one attached hydrogen (secondary N) is 2. The third kappa shape index (κ3) is 4.75. The van der Waals surface area contributed by atoms with E-state index in [0.717, 1.165) is 51.8 Å². The van der Waals surface area contributed by atoms with Crippen molar-refractivity contribution < 1.29 is 8.78 Å². The lowest BCUT2D eigenvalue weighted by atomic mass is 10.0. The summed E-state index contributed by atoms with van der Waals surface area (Å²) in [4.78, 5) is 4.36. The summed E-state index contributed by atoms with van der Waals surface area (Å²) in [5.74, 6) is -0.582. The number of nitrogens with zero attached hydrogens (tertiary/aromatic N) is 1. The summed E-state index contributed by atoms with van der Waals surface area (Å²) in [5, 5.41) is 11.1. The SMILES string of the molecule is Fc1ccc2scc(-c3cccc(CNCCCNc4ccnc5cc(Cl)ccc45)c3F)c2c1. The smallest absolute Gasteiger partial charge is 0.135 e. The first-order valence-electron chi connectivity index (χ1n) is 11.0. The first-order chi connectivity index (χ1) is 16.6. The van der Waals surface area contributed by atoms with Crippen LogP contribution in [-0.2, 0) is 6.54 Å². The van der Waals surface area contributed by atoms with Gasteiger partial charge in [0.2, 0.25) is 0 Å². The highest BCUT2D eigenvalue weighted by atomic mass is 35.5. The minimum atomic E-state index is -0.317. The quantitative estimate of drug-likeness (QED) is 0.218. The molecule has 0 saturated heterocycles. The Labute approximate surface area is 205 Å². The predicted molar refractivity (Wildman–Crippen MR) is 139 cm³/mol. The van der Waals surface area contributed by atoms with Crippen LogP contribution in [-0.4, -0.2) is 18.1 Å². The van der Waals surface area contributed by atoms with Gasteiger partial charge in [-0.1, -0.05) is 29.8 Å². The fourth-order valence-electron chi connectivity index (χ4n) is 4.07. The van der Waals surface area contributed by atoms with Gasteiger partial charge >= 0.3 is 0 Å². The van der Waals surface area contributed by atoms with Gasteiger partial charge in [0.15, 0.2) is 0 Å². The van der Waals surface area contributed by atoms with Gasteiger partial charge < -0.3 is 10.6 Å². The number of pyridine rings is 1. The van der Waals surface area contributed by atoms with Crippen molar-refractivity contribution in [2.45, 2.75) is 13.0 Å². The molecule has 7 heteroatoms. The minimum absolute atomic E-state index is 0.265. The molecule has 0 amide bonds. The first kappa shape index (κ1) is 22.7. The number of hydrogen-bond donors (Lipinski definition) is 2. The Balaban J connectivity index is 1.19. The lowest BCUT2D eigenvalue weighted by Gasteiger charge is -2.11. The van der Waals surface area contributed by atoms with Gasteiger partial charge in [0, 0.05) is 62.2 Å². The maximum atomic E-state index is 15.3. The molecule has 0 unspecified atom stereocenters. The Hall–Kier alpha value is -3.06. The molecule has 0 saturated carbocycles. The molecule has 0 aliphatic rings. The van der Waals surface area contributed by atoms with Gasteiger partial charge in [0.1, 0.15) is 11.6 Å². The molecule has 5 aromatic rings. The molecule has 0 radical (unpaired) electrons. The van der Waals surface area contributed by atoms with Crippen LogP contribution in [0.5, 0.6) is 0 Å². The van der Waals surface area contributed by atoms with Crippen molar-refractivity contribution in [1.29, 1.82) is 0 Å². The molecular weight excluding hydrogens is 472 g/mol. The summed E-state index contributed by atoms with van der Waals surface area (Å²) in [5.41, 5.74) is 3.70. The van der Waals surface area contributed by atoms with Crippen LogP contribution in [0.1, 0.15) is 12.0 Å². The van der Waals surface area contributed by atoms with Crippen LogP contribution in [0.25, 0.3) is 32.1 Å². The third-order valence-electron chi connectivity index (χ3n) is 5.77. The molecule has 0 spiro atoms. The fourth-order valence-corrected chi connectivity index (χ4v) is 5.18. The molecule has 0 fully saturated rings. The second-order valence-corrected chi connectivity index (χ2v) is 9.39. The summed E-state index contributed by atoms with van der Waals surface area (Å²) in [6.07, 6.45) is 2.63. The van der Waals surface area contributed by atoms with Crippen molar-refractivity contribution in [2.75, 3.05) is 18.4 Å². The molecule has 0 atom stereocenters. The van der Waals surface area contributed by atoms with Gasteiger partial charge in [-0.15, -0.1) is 11.3 Å². The Morgan fingerprint density at radius 1 is 0.912 bits per heavy atom. The normalized spacial score (nSPS) is 11.4. The van der Waals surface area contributed by atoms with Crippen molar-refractivity contribution in [1.82, 2.24) is 10.3 Å². The second-order valence-electron chi connectivity index (χ2n) is 8.05.